The quantitative estimate of drug-likeness (QED) is 0.547. The van der Waals surface area contributed by atoms with Gasteiger partial charge in [0.2, 0.25) is 0 Å². The summed E-state index contributed by atoms with van der Waals surface area (Å²) < 4.78 is 0. The molecular formula is C9H19NO2. The Hall–Kier alpha value is -0.120. The number of hydrogen-bond acceptors (Lipinski definition) is 3. The topological polar surface area (TPSA) is 52.5 Å². The van der Waals surface area contributed by atoms with Crippen molar-refractivity contribution in [1.29, 1.82) is 0 Å². The summed E-state index contributed by atoms with van der Waals surface area (Å²) in [4.78, 5) is 0. The van der Waals surface area contributed by atoms with E-state index in [2.05, 4.69) is 19.2 Å². The van der Waals surface area contributed by atoms with Crippen molar-refractivity contribution in [2.75, 3.05) is 13.2 Å². The van der Waals surface area contributed by atoms with E-state index in [0.717, 1.165) is 5.92 Å². The summed E-state index contributed by atoms with van der Waals surface area (Å²) in [7, 11) is 0. The molecule has 0 saturated heterocycles. The van der Waals surface area contributed by atoms with Crippen molar-refractivity contribution >= 4 is 0 Å². The highest BCUT2D eigenvalue weighted by atomic mass is 16.3. The van der Waals surface area contributed by atoms with Crippen molar-refractivity contribution in [3.63, 3.8) is 0 Å². The van der Waals surface area contributed by atoms with E-state index in [1.54, 1.807) is 0 Å². The Morgan fingerprint density at radius 3 is 2.25 bits per heavy atom. The van der Waals surface area contributed by atoms with Gasteiger partial charge in [-0.05, 0) is 18.3 Å². The lowest BCUT2D eigenvalue weighted by Crippen LogP contribution is -2.38. The molecule has 1 saturated carbocycles. The van der Waals surface area contributed by atoms with Crippen LogP contribution in [0.2, 0.25) is 0 Å². The minimum atomic E-state index is -0.126. The van der Waals surface area contributed by atoms with Gasteiger partial charge in [-0.15, -0.1) is 0 Å². The largest absolute Gasteiger partial charge is 0.395 e. The van der Waals surface area contributed by atoms with Gasteiger partial charge in [-0.2, -0.15) is 0 Å². The van der Waals surface area contributed by atoms with Crippen molar-refractivity contribution < 1.29 is 10.2 Å². The summed E-state index contributed by atoms with van der Waals surface area (Å²) in [6.45, 7) is 4.47. The van der Waals surface area contributed by atoms with E-state index in [9.17, 15) is 0 Å². The maximum absolute atomic E-state index is 8.81. The molecule has 0 aromatic heterocycles. The van der Waals surface area contributed by atoms with Crippen LogP contribution in [0.15, 0.2) is 0 Å². The molecule has 0 aliphatic heterocycles. The standard InChI is InChI=1S/C9H19NO2/c1-6(2)8-3-9(8)10-7(4-11)5-12/h6-12H,3-5H2,1-2H3. The first kappa shape index (κ1) is 9.96. The molecule has 0 spiro atoms. The third-order valence-corrected chi connectivity index (χ3v) is 2.59. The van der Waals surface area contributed by atoms with Crippen molar-refractivity contribution in [3.05, 3.63) is 0 Å². The number of aliphatic hydroxyl groups excluding tert-OH is 2. The van der Waals surface area contributed by atoms with E-state index in [-0.39, 0.29) is 19.3 Å². The average molecular weight is 173 g/mol. The molecule has 1 rings (SSSR count). The number of hydrogen-bond donors (Lipinski definition) is 3. The third-order valence-electron chi connectivity index (χ3n) is 2.59. The summed E-state index contributed by atoms with van der Waals surface area (Å²) in [6.07, 6.45) is 1.19. The van der Waals surface area contributed by atoms with Crippen LogP contribution in [0.5, 0.6) is 0 Å². The van der Waals surface area contributed by atoms with Crippen LogP contribution < -0.4 is 5.32 Å². The molecule has 0 bridgehead atoms. The van der Waals surface area contributed by atoms with Gasteiger partial charge in [0.05, 0.1) is 19.3 Å². The number of aliphatic hydroxyl groups is 2. The van der Waals surface area contributed by atoms with Crippen LogP contribution in [0.4, 0.5) is 0 Å². The van der Waals surface area contributed by atoms with Crippen molar-refractivity contribution in [1.82, 2.24) is 5.32 Å². The number of nitrogens with one attached hydrogen (secondary N) is 1. The van der Waals surface area contributed by atoms with Gasteiger partial charge in [0.15, 0.2) is 0 Å². The minimum absolute atomic E-state index is 0.0256. The molecule has 0 aromatic carbocycles. The van der Waals surface area contributed by atoms with Gasteiger partial charge in [-0.3, -0.25) is 0 Å². The first-order valence-corrected chi connectivity index (χ1v) is 4.66. The van der Waals surface area contributed by atoms with Crippen LogP contribution in [0.25, 0.3) is 0 Å². The summed E-state index contributed by atoms with van der Waals surface area (Å²) in [5, 5.41) is 20.8. The Kier molecular flexibility index (Phi) is 3.50. The maximum atomic E-state index is 8.81. The Morgan fingerprint density at radius 2 is 1.92 bits per heavy atom. The number of rotatable bonds is 5. The van der Waals surface area contributed by atoms with Gasteiger partial charge >= 0.3 is 0 Å². The molecule has 12 heavy (non-hydrogen) atoms. The Morgan fingerprint density at radius 1 is 1.33 bits per heavy atom. The van der Waals surface area contributed by atoms with Crippen molar-refractivity contribution in [3.8, 4) is 0 Å². The minimum Gasteiger partial charge on any atom is -0.395 e. The third kappa shape index (κ3) is 2.44. The molecule has 0 heterocycles. The molecule has 0 amide bonds. The van der Waals surface area contributed by atoms with Crippen LogP contribution in [0, 0.1) is 11.8 Å². The van der Waals surface area contributed by atoms with Gasteiger partial charge in [-0.1, -0.05) is 13.8 Å². The lowest BCUT2D eigenvalue weighted by molar-refractivity contribution is 0.168. The second-order valence-electron chi connectivity index (χ2n) is 3.98. The van der Waals surface area contributed by atoms with E-state index in [0.29, 0.717) is 12.0 Å². The second kappa shape index (κ2) is 4.21. The highest BCUT2D eigenvalue weighted by molar-refractivity contribution is 4.96. The van der Waals surface area contributed by atoms with Crippen molar-refractivity contribution in [2.24, 2.45) is 11.8 Å². The molecule has 0 aromatic rings. The molecule has 2 atom stereocenters. The lowest BCUT2D eigenvalue weighted by atomic mass is 10.1. The monoisotopic (exact) mass is 173 g/mol. The van der Waals surface area contributed by atoms with Crippen LogP contribution in [-0.2, 0) is 0 Å². The van der Waals surface area contributed by atoms with E-state index >= 15 is 0 Å². The first-order chi connectivity index (χ1) is 5.69. The highest BCUT2D eigenvalue weighted by Gasteiger charge is 2.39. The van der Waals surface area contributed by atoms with Gasteiger partial charge < -0.3 is 15.5 Å². The maximum Gasteiger partial charge on any atom is 0.0607 e. The smallest absolute Gasteiger partial charge is 0.0607 e. The molecule has 3 nitrogen and oxygen atoms in total. The molecule has 1 aliphatic carbocycles. The molecule has 72 valence electrons. The zero-order valence-electron chi connectivity index (χ0n) is 7.83. The first-order valence-electron chi connectivity index (χ1n) is 4.66. The Labute approximate surface area is 73.8 Å². The van der Waals surface area contributed by atoms with Crippen molar-refractivity contribution in [2.45, 2.75) is 32.4 Å². The SMILES string of the molecule is CC(C)C1CC1NC(CO)CO. The molecule has 2 unspecified atom stereocenters. The van der Waals surface area contributed by atoms with Crippen LogP contribution in [0.1, 0.15) is 20.3 Å². The molecule has 1 fully saturated rings. The zero-order valence-corrected chi connectivity index (χ0v) is 7.83. The molecule has 3 heteroatoms. The van der Waals surface area contributed by atoms with Crippen LogP contribution >= 0.6 is 0 Å². The molecule has 0 radical (unpaired) electrons. The average Bonchev–Trinajstić information content (AvgIpc) is 2.79. The van der Waals surface area contributed by atoms with E-state index in [4.69, 9.17) is 10.2 Å². The fourth-order valence-electron chi connectivity index (χ4n) is 1.61. The fourth-order valence-corrected chi connectivity index (χ4v) is 1.61. The van der Waals surface area contributed by atoms with Gasteiger partial charge in [0.25, 0.3) is 0 Å². The van der Waals surface area contributed by atoms with E-state index < -0.39 is 0 Å². The fraction of sp³-hybridized carbons (Fsp3) is 1.00. The Balaban J connectivity index is 2.17. The van der Waals surface area contributed by atoms with Crippen LogP contribution in [-0.4, -0.2) is 35.5 Å². The second-order valence-corrected chi connectivity index (χ2v) is 3.98. The van der Waals surface area contributed by atoms with Gasteiger partial charge in [0, 0.05) is 6.04 Å². The lowest BCUT2D eigenvalue weighted by Gasteiger charge is -2.13. The predicted octanol–water partition coefficient (Wildman–Crippen LogP) is -0.0263. The van der Waals surface area contributed by atoms with E-state index in [1.165, 1.54) is 6.42 Å². The van der Waals surface area contributed by atoms with Crippen LogP contribution in [0.3, 0.4) is 0 Å². The molecule has 3 N–H and O–H groups in total. The highest BCUT2D eigenvalue weighted by Crippen LogP contribution is 2.37. The predicted molar refractivity (Wildman–Crippen MR) is 47.8 cm³/mol. The van der Waals surface area contributed by atoms with Gasteiger partial charge in [0.1, 0.15) is 0 Å². The zero-order chi connectivity index (χ0) is 9.14. The Bertz CT molecular complexity index is 134. The summed E-state index contributed by atoms with van der Waals surface area (Å²) in [5.74, 6) is 1.45. The summed E-state index contributed by atoms with van der Waals surface area (Å²) >= 11 is 0. The summed E-state index contributed by atoms with van der Waals surface area (Å²) in [6, 6.07) is 0.396. The molecule has 1 aliphatic rings. The normalized spacial score (nSPS) is 28.5. The van der Waals surface area contributed by atoms with Gasteiger partial charge in [-0.25, -0.2) is 0 Å². The van der Waals surface area contributed by atoms with E-state index in [1.807, 2.05) is 0 Å². The summed E-state index contributed by atoms with van der Waals surface area (Å²) in [5.41, 5.74) is 0. The molecular weight excluding hydrogens is 154 g/mol.